The van der Waals surface area contributed by atoms with E-state index in [0.717, 1.165) is 67.1 Å². The Morgan fingerprint density at radius 3 is 0.797 bits per heavy atom. The maximum absolute atomic E-state index is 5.56. The molecule has 2 aliphatic heterocycles. The molecular formula is C52H46Cl2N4Ru. The van der Waals surface area contributed by atoms with Gasteiger partial charge in [-0.2, -0.15) is 0 Å². The van der Waals surface area contributed by atoms with E-state index in [9.17, 15) is 0 Å². The fraction of sp³-hybridized carbons (Fsp3) is 0.154. The summed E-state index contributed by atoms with van der Waals surface area (Å²) in [4.78, 5) is 19.0. The van der Waals surface area contributed by atoms with Gasteiger partial charge in [0.25, 0.3) is 0 Å². The molecular weight excluding hydrogens is 853 g/mol. The second-order valence-corrected chi connectivity index (χ2v) is 15.6. The number of hydrogen-bond acceptors (Lipinski definition) is 2. The van der Waals surface area contributed by atoms with E-state index in [-0.39, 0.29) is 44.3 Å². The molecule has 0 fully saturated rings. The van der Waals surface area contributed by atoms with Crippen LogP contribution in [0.15, 0.2) is 97.1 Å². The summed E-state index contributed by atoms with van der Waals surface area (Å²) in [6, 6.07) is 35.1. The van der Waals surface area contributed by atoms with Gasteiger partial charge in [-0.1, -0.05) is 72.8 Å². The minimum absolute atomic E-state index is 0. The van der Waals surface area contributed by atoms with Crippen LogP contribution in [-0.2, 0) is 19.5 Å². The minimum Gasteiger partial charge on any atom is -1.00 e. The number of hydrogen-bond donors (Lipinski definition) is 2. The van der Waals surface area contributed by atoms with E-state index in [0.29, 0.717) is 0 Å². The Hall–Kier alpha value is -5.32. The molecule has 3 aromatic heterocycles. The normalized spacial score (nSPS) is 11.5. The van der Waals surface area contributed by atoms with E-state index >= 15 is 0 Å². The fourth-order valence-electron chi connectivity index (χ4n) is 9.09. The number of aromatic nitrogens is 4. The number of nitrogens with zero attached hydrogens (tertiary/aromatic N) is 2. The van der Waals surface area contributed by atoms with E-state index in [2.05, 4.69) is 187 Å². The maximum Gasteiger partial charge on any atom is 2.00 e. The third-order valence-electron chi connectivity index (χ3n) is 11.7. The summed E-state index contributed by atoms with van der Waals surface area (Å²) in [7, 11) is 0. The van der Waals surface area contributed by atoms with E-state index < -0.39 is 0 Å². The molecule has 7 heteroatoms. The minimum atomic E-state index is 0. The molecule has 5 heterocycles. The summed E-state index contributed by atoms with van der Waals surface area (Å²) in [5.74, 6) is 0. The van der Waals surface area contributed by atoms with Crippen LogP contribution in [0.5, 0.6) is 0 Å². The molecule has 0 spiro atoms. The number of aromatic amines is 2. The van der Waals surface area contributed by atoms with Crippen molar-refractivity contribution in [2.24, 2.45) is 0 Å². The molecule has 2 aliphatic rings. The monoisotopic (exact) mass is 898 g/mol. The molecule has 0 atom stereocenters. The molecule has 0 saturated heterocycles. The predicted molar refractivity (Wildman–Crippen MR) is 238 cm³/mol. The van der Waals surface area contributed by atoms with Gasteiger partial charge < -0.3 is 34.8 Å². The first-order valence-corrected chi connectivity index (χ1v) is 19.5. The summed E-state index contributed by atoms with van der Waals surface area (Å²) in [5.41, 5.74) is 26.5. The molecule has 2 N–H and O–H groups in total. The quantitative estimate of drug-likeness (QED) is 0.178. The Morgan fingerprint density at radius 1 is 0.288 bits per heavy atom. The third kappa shape index (κ3) is 7.46. The van der Waals surface area contributed by atoms with Crippen molar-refractivity contribution in [3.05, 3.63) is 164 Å². The standard InChI is InChI=1S/C52H46N4.2ClH.Ru/c1-29-13-9-14-30(2)45(29)49-37-21-23-39(53-37)50(46-31(3)15-10-16-32(46)4)41-25-27-43(55-41)52(48-35(7)19-12-20-36(48)8)44-28-26-42(56-44)51(40-24-22-38(49)54-40)47-33(5)17-11-18-34(47)6;;;/h9-28,53-54H,1-8H3;2*1H;/q;;;+2/p-2. The molecule has 8 bridgehead atoms. The number of benzene rings is 4. The summed E-state index contributed by atoms with van der Waals surface area (Å²) in [6.07, 6.45) is 8.74. The van der Waals surface area contributed by atoms with Crippen LogP contribution in [0.3, 0.4) is 0 Å². The average Bonchev–Trinajstić information content (AvgIpc) is 4.00. The number of rotatable bonds is 4. The summed E-state index contributed by atoms with van der Waals surface area (Å²) in [6.45, 7) is 17.6. The smallest absolute Gasteiger partial charge is 1.00 e. The van der Waals surface area contributed by atoms with Crippen LogP contribution < -0.4 is 24.8 Å². The Labute approximate surface area is 372 Å². The van der Waals surface area contributed by atoms with Gasteiger partial charge >= 0.3 is 19.5 Å². The third-order valence-corrected chi connectivity index (χ3v) is 11.7. The van der Waals surface area contributed by atoms with Crippen molar-refractivity contribution in [1.82, 2.24) is 19.9 Å². The first-order valence-electron chi connectivity index (χ1n) is 19.5. The molecule has 0 aliphatic carbocycles. The van der Waals surface area contributed by atoms with Crippen LogP contribution >= 0.6 is 0 Å². The van der Waals surface area contributed by atoms with Crippen molar-refractivity contribution in [3.63, 3.8) is 0 Å². The van der Waals surface area contributed by atoms with Crippen molar-refractivity contribution in [3.8, 4) is 44.5 Å². The van der Waals surface area contributed by atoms with Crippen LogP contribution in [0.1, 0.15) is 67.3 Å². The summed E-state index contributed by atoms with van der Waals surface area (Å²) < 4.78 is 0. The van der Waals surface area contributed by atoms with Crippen LogP contribution in [0, 0.1) is 55.4 Å². The summed E-state index contributed by atoms with van der Waals surface area (Å²) in [5, 5.41) is 0. The van der Waals surface area contributed by atoms with E-state index in [4.69, 9.17) is 9.97 Å². The molecule has 0 amide bonds. The van der Waals surface area contributed by atoms with Crippen molar-refractivity contribution < 1.29 is 44.3 Å². The Morgan fingerprint density at radius 2 is 0.508 bits per heavy atom. The fourth-order valence-corrected chi connectivity index (χ4v) is 9.09. The van der Waals surface area contributed by atoms with Crippen molar-refractivity contribution in [1.29, 1.82) is 0 Å². The predicted octanol–water partition coefficient (Wildman–Crippen LogP) is 7.80. The molecule has 9 rings (SSSR count). The molecule has 7 aromatic rings. The van der Waals surface area contributed by atoms with Crippen LogP contribution in [0.25, 0.3) is 90.9 Å². The van der Waals surface area contributed by atoms with Gasteiger partial charge in [-0.25, -0.2) is 9.97 Å². The van der Waals surface area contributed by atoms with Gasteiger partial charge in [0.05, 0.1) is 22.8 Å². The molecule has 0 saturated carbocycles. The van der Waals surface area contributed by atoms with Crippen molar-refractivity contribution >= 4 is 46.4 Å². The van der Waals surface area contributed by atoms with Crippen molar-refractivity contribution in [2.45, 2.75) is 55.4 Å². The Kier molecular flexibility index (Phi) is 12.5. The number of aryl methyl sites for hydroxylation is 8. The summed E-state index contributed by atoms with van der Waals surface area (Å²) >= 11 is 0. The number of nitrogens with one attached hydrogen (secondary N) is 2. The zero-order chi connectivity index (χ0) is 38.8. The molecule has 59 heavy (non-hydrogen) atoms. The second-order valence-electron chi connectivity index (χ2n) is 15.6. The Balaban J connectivity index is 0.00000195. The van der Waals surface area contributed by atoms with Crippen LogP contribution in [0.2, 0.25) is 0 Å². The first-order chi connectivity index (χ1) is 27.1. The molecule has 4 nitrogen and oxygen atoms in total. The van der Waals surface area contributed by atoms with Gasteiger partial charge in [0, 0.05) is 44.3 Å². The van der Waals surface area contributed by atoms with Gasteiger partial charge in [0.2, 0.25) is 0 Å². The van der Waals surface area contributed by atoms with Gasteiger partial charge in [0.15, 0.2) is 0 Å². The van der Waals surface area contributed by atoms with E-state index in [1.807, 2.05) is 0 Å². The molecule has 4 aromatic carbocycles. The molecule has 0 unspecified atom stereocenters. The number of fused-ring (bicyclic) bond motifs is 8. The van der Waals surface area contributed by atoms with Crippen LogP contribution in [-0.4, -0.2) is 19.9 Å². The average molecular weight is 899 g/mol. The maximum atomic E-state index is 5.56. The molecule has 296 valence electrons. The van der Waals surface area contributed by atoms with Gasteiger partial charge in [-0.05, 0) is 171 Å². The van der Waals surface area contributed by atoms with Gasteiger partial charge in [-0.3, -0.25) is 0 Å². The second kappa shape index (κ2) is 17.1. The van der Waals surface area contributed by atoms with E-state index in [1.165, 1.54) is 66.8 Å². The van der Waals surface area contributed by atoms with Gasteiger partial charge in [-0.15, -0.1) is 0 Å². The molecule has 0 radical (unpaired) electrons. The van der Waals surface area contributed by atoms with Crippen molar-refractivity contribution in [2.75, 3.05) is 0 Å². The zero-order valence-corrected chi connectivity index (χ0v) is 37.8. The van der Waals surface area contributed by atoms with E-state index in [1.54, 1.807) is 0 Å². The first kappa shape index (κ1) is 43.3. The largest absolute Gasteiger partial charge is 2.00 e. The van der Waals surface area contributed by atoms with Gasteiger partial charge in [0.1, 0.15) is 0 Å². The zero-order valence-electron chi connectivity index (χ0n) is 34.6. The number of H-pyrrole nitrogens is 2. The number of halogens is 2. The topological polar surface area (TPSA) is 57.4 Å². The Bertz CT molecular complexity index is 2790. The van der Waals surface area contributed by atoms with Crippen LogP contribution in [0.4, 0.5) is 0 Å². The SMILES string of the molecule is Cc1cccc(C)c1-c1c2nc(c(-c3c(C)cccc3C)c3ccc([nH]3)c(-c3c(C)cccc3C)c3ccc([nH]3)c(-c3c(C)cccc3C)c3nc1C=C3)C=C2.[Cl-].[Cl-].[Ru+2].